The van der Waals surface area contributed by atoms with E-state index >= 15 is 0 Å². The van der Waals surface area contributed by atoms with Crippen LogP contribution in [0.4, 0.5) is 5.69 Å². The molecule has 0 spiro atoms. The number of carbonyl (C=O) groups excluding carboxylic acids is 1. The second kappa shape index (κ2) is 10.4. The number of anilines is 1. The Labute approximate surface area is 171 Å². The lowest BCUT2D eigenvalue weighted by atomic mass is 10.2. The van der Waals surface area contributed by atoms with E-state index in [2.05, 4.69) is 31.9 Å². The lowest BCUT2D eigenvalue weighted by molar-refractivity contribution is -0.119. The van der Waals surface area contributed by atoms with Crippen molar-refractivity contribution in [3.63, 3.8) is 0 Å². The summed E-state index contributed by atoms with van der Waals surface area (Å²) in [5.74, 6) is 2.09. The summed E-state index contributed by atoms with van der Waals surface area (Å²) in [5, 5.41) is 9.45. The van der Waals surface area contributed by atoms with Crippen LogP contribution in [0.5, 0.6) is 5.75 Å². The zero-order chi connectivity index (χ0) is 20.5. The zero-order valence-electron chi connectivity index (χ0n) is 17.0. The van der Waals surface area contributed by atoms with Crippen molar-refractivity contribution in [2.45, 2.75) is 25.9 Å². The SMILES string of the molecule is CCNC(=NCC(=O)NCc1ccco1)NC1CCN(c2ccccc2OC)C1. The van der Waals surface area contributed by atoms with Crippen molar-refractivity contribution in [1.29, 1.82) is 0 Å². The van der Waals surface area contributed by atoms with Crippen LogP contribution in [0.25, 0.3) is 0 Å². The lowest BCUT2D eigenvalue weighted by Crippen LogP contribution is -2.45. The van der Waals surface area contributed by atoms with E-state index in [0.29, 0.717) is 12.5 Å². The van der Waals surface area contributed by atoms with Gasteiger partial charge in [0.25, 0.3) is 0 Å². The third-order valence-electron chi connectivity index (χ3n) is 4.72. The molecule has 1 atom stereocenters. The highest BCUT2D eigenvalue weighted by Crippen LogP contribution is 2.30. The van der Waals surface area contributed by atoms with Gasteiger partial charge >= 0.3 is 0 Å². The summed E-state index contributed by atoms with van der Waals surface area (Å²) in [6.07, 6.45) is 2.57. The van der Waals surface area contributed by atoms with E-state index in [9.17, 15) is 4.79 Å². The molecule has 1 saturated heterocycles. The van der Waals surface area contributed by atoms with Gasteiger partial charge in [0.1, 0.15) is 18.1 Å². The first-order valence-electron chi connectivity index (χ1n) is 9.91. The molecule has 0 bridgehead atoms. The maximum atomic E-state index is 12.1. The molecule has 156 valence electrons. The number of nitrogens with one attached hydrogen (secondary N) is 3. The number of nitrogens with zero attached hydrogens (tertiary/aromatic N) is 2. The van der Waals surface area contributed by atoms with Gasteiger partial charge in [-0.25, -0.2) is 4.99 Å². The highest BCUT2D eigenvalue weighted by atomic mass is 16.5. The summed E-state index contributed by atoms with van der Waals surface area (Å²) in [6.45, 7) is 4.92. The Hall–Kier alpha value is -3.16. The maximum absolute atomic E-state index is 12.1. The molecule has 3 N–H and O–H groups in total. The van der Waals surface area contributed by atoms with Crippen molar-refractivity contribution in [2.75, 3.05) is 38.2 Å². The largest absolute Gasteiger partial charge is 0.495 e. The van der Waals surface area contributed by atoms with Crippen molar-refractivity contribution in [3.8, 4) is 5.75 Å². The van der Waals surface area contributed by atoms with Gasteiger partial charge in [-0.1, -0.05) is 12.1 Å². The fourth-order valence-electron chi connectivity index (χ4n) is 3.31. The molecule has 8 heteroatoms. The molecule has 8 nitrogen and oxygen atoms in total. The fourth-order valence-corrected chi connectivity index (χ4v) is 3.31. The number of hydrogen-bond acceptors (Lipinski definition) is 5. The average molecular weight is 399 g/mol. The Morgan fingerprint density at radius 2 is 2.14 bits per heavy atom. The topological polar surface area (TPSA) is 91.1 Å². The molecule has 1 aromatic carbocycles. The highest BCUT2D eigenvalue weighted by Gasteiger charge is 2.25. The molecule has 3 rings (SSSR count). The minimum atomic E-state index is -0.152. The van der Waals surface area contributed by atoms with E-state index in [0.717, 1.165) is 43.3 Å². The third kappa shape index (κ3) is 5.91. The van der Waals surface area contributed by atoms with Gasteiger partial charge in [-0.05, 0) is 37.6 Å². The molecule has 2 heterocycles. The summed E-state index contributed by atoms with van der Waals surface area (Å²) in [5.41, 5.74) is 1.10. The van der Waals surface area contributed by atoms with Crippen molar-refractivity contribution in [3.05, 3.63) is 48.4 Å². The minimum absolute atomic E-state index is 0.0545. The molecule has 1 aliphatic rings. The van der Waals surface area contributed by atoms with Crippen molar-refractivity contribution in [2.24, 2.45) is 4.99 Å². The number of ether oxygens (including phenoxy) is 1. The first-order valence-corrected chi connectivity index (χ1v) is 9.91. The van der Waals surface area contributed by atoms with Crippen LogP contribution in [-0.2, 0) is 11.3 Å². The Kier molecular flexibility index (Phi) is 7.38. The van der Waals surface area contributed by atoms with Crippen LogP contribution in [0.15, 0.2) is 52.1 Å². The first kappa shape index (κ1) is 20.6. The van der Waals surface area contributed by atoms with Crippen LogP contribution in [-0.4, -0.2) is 51.2 Å². The van der Waals surface area contributed by atoms with E-state index in [1.807, 2.05) is 31.2 Å². The van der Waals surface area contributed by atoms with Crippen molar-refractivity contribution >= 4 is 17.6 Å². The van der Waals surface area contributed by atoms with Gasteiger partial charge in [-0.2, -0.15) is 0 Å². The summed E-state index contributed by atoms with van der Waals surface area (Å²) in [4.78, 5) is 18.8. The molecule has 1 aliphatic heterocycles. The van der Waals surface area contributed by atoms with Crippen LogP contribution in [0.2, 0.25) is 0 Å². The molecular formula is C21H29N5O3. The van der Waals surface area contributed by atoms with Crippen molar-refractivity contribution in [1.82, 2.24) is 16.0 Å². The Balaban J connectivity index is 1.52. The number of methoxy groups -OCH3 is 1. The van der Waals surface area contributed by atoms with Crippen LogP contribution in [0.1, 0.15) is 19.1 Å². The minimum Gasteiger partial charge on any atom is -0.495 e. The second-order valence-corrected chi connectivity index (χ2v) is 6.80. The summed E-state index contributed by atoms with van der Waals surface area (Å²) in [6, 6.07) is 11.9. The number of para-hydroxylation sites is 2. The van der Waals surface area contributed by atoms with Gasteiger partial charge in [0.2, 0.25) is 5.91 Å². The molecule has 1 fully saturated rings. The predicted octanol–water partition coefficient (Wildman–Crippen LogP) is 1.74. The number of furan rings is 1. The van der Waals surface area contributed by atoms with E-state index in [4.69, 9.17) is 9.15 Å². The van der Waals surface area contributed by atoms with E-state index < -0.39 is 0 Å². The quantitative estimate of drug-likeness (QED) is 0.463. The number of rotatable bonds is 8. The zero-order valence-corrected chi connectivity index (χ0v) is 17.0. The number of aliphatic imine (C=N–C) groups is 1. The monoisotopic (exact) mass is 399 g/mol. The number of amides is 1. The molecular weight excluding hydrogens is 370 g/mol. The van der Waals surface area contributed by atoms with Gasteiger partial charge in [-0.3, -0.25) is 4.79 Å². The van der Waals surface area contributed by atoms with Crippen LogP contribution in [0.3, 0.4) is 0 Å². The summed E-state index contributed by atoms with van der Waals surface area (Å²) >= 11 is 0. The Bertz CT molecular complexity index is 806. The normalized spacial score (nSPS) is 16.6. The Morgan fingerprint density at radius 1 is 1.28 bits per heavy atom. The number of benzene rings is 1. The van der Waals surface area contributed by atoms with Gasteiger partial charge < -0.3 is 30.0 Å². The molecule has 2 aromatic rings. The van der Waals surface area contributed by atoms with Gasteiger partial charge in [-0.15, -0.1) is 0 Å². The third-order valence-corrected chi connectivity index (χ3v) is 4.72. The maximum Gasteiger partial charge on any atom is 0.242 e. The van der Waals surface area contributed by atoms with Crippen LogP contribution < -0.4 is 25.6 Å². The number of guanidine groups is 1. The fraction of sp³-hybridized carbons (Fsp3) is 0.429. The van der Waals surface area contributed by atoms with E-state index in [1.165, 1.54) is 0 Å². The van der Waals surface area contributed by atoms with Gasteiger partial charge in [0.15, 0.2) is 5.96 Å². The summed E-state index contributed by atoms with van der Waals surface area (Å²) in [7, 11) is 1.69. The molecule has 0 saturated carbocycles. The smallest absolute Gasteiger partial charge is 0.242 e. The van der Waals surface area contributed by atoms with Gasteiger partial charge in [0, 0.05) is 25.7 Å². The molecule has 29 heavy (non-hydrogen) atoms. The van der Waals surface area contributed by atoms with E-state index in [-0.39, 0.29) is 18.5 Å². The standard InChI is InChI=1S/C21H29N5O3/c1-3-22-21(24-14-20(27)23-13-17-7-6-12-29-17)25-16-10-11-26(15-16)18-8-4-5-9-19(18)28-2/h4-9,12,16H,3,10-11,13-15H2,1-2H3,(H,23,27)(H2,22,24,25). The number of hydrogen-bond donors (Lipinski definition) is 3. The van der Waals surface area contributed by atoms with Gasteiger partial charge in [0.05, 0.1) is 25.6 Å². The van der Waals surface area contributed by atoms with Crippen LogP contribution >= 0.6 is 0 Å². The highest BCUT2D eigenvalue weighted by molar-refractivity contribution is 5.85. The van der Waals surface area contributed by atoms with Crippen LogP contribution in [0, 0.1) is 0 Å². The molecule has 1 amide bonds. The van der Waals surface area contributed by atoms with Crippen molar-refractivity contribution < 1.29 is 13.9 Å². The predicted molar refractivity (Wildman–Crippen MR) is 113 cm³/mol. The Morgan fingerprint density at radius 3 is 2.90 bits per heavy atom. The summed E-state index contributed by atoms with van der Waals surface area (Å²) < 4.78 is 10.7. The molecule has 0 radical (unpaired) electrons. The average Bonchev–Trinajstić information content (AvgIpc) is 3.42. The molecule has 1 unspecified atom stereocenters. The molecule has 0 aliphatic carbocycles. The first-order chi connectivity index (χ1) is 14.2. The number of carbonyl (C=O) groups is 1. The molecule has 1 aromatic heterocycles. The second-order valence-electron chi connectivity index (χ2n) is 6.80. The lowest BCUT2D eigenvalue weighted by Gasteiger charge is -2.22. The van der Waals surface area contributed by atoms with E-state index in [1.54, 1.807) is 19.4 Å².